The van der Waals surface area contributed by atoms with Crippen LogP contribution < -0.4 is 0 Å². The average Bonchev–Trinajstić information content (AvgIpc) is 2.76. The van der Waals surface area contributed by atoms with E-state index in [4.69, 9.17) is 4.74 Å². The van der Waals surface area contributed by atoms with E-state index in [-0.39, 0.29) is 11.4 Å². The summed E-state index contributed by atoms with van der Waals surface area (Å²) in [5.41, 5.74) is 2.48. The minimum atomic E-state index is -0.112. The number of ether oxygens (including phenoxy) is 1. The summed E-state index contributed by atoms with van der Waals surface area (Å²) >= 11 is 0. The number of hydrogen-bond donors (Lipinski definition) is 0. The molecular formula is C24H30N2O2. The van der Waals surface area contributed by atoms with E-state index in [9.17, 15) is 4.79 Å². The molecule has 28 heavy (non-hydrogen) atoms. The van der Waals surface area contributed by atoms with Crippen molar-refractivity contribution >= 4 is 5.91 Å². The van der Waals surface area contributed by atoms with Gasteiger partial charge in [0.2, 0.25) is 5.91 Å². The van der Waals surface area contributed by atoms with Gasteiger partial charge in [-0.2, -0.15) is 0 Å². The number of carbonyl (C=O) groups is 1. The van der Waals surface area contributed by atoms with Crippen molar-refractivity contribution in [3.05, 3.63) is 71.8 Å². The van der Waals surface area contributed by atoms with Gasteiger partial charge < -0.3 is 9.64 Å². The Balaban J connectivity index is 1.36. The largest absolute Gasteiger partial charge is 0.377 e. The SMILES string of the molecule is O=C(CCc1ccccc1)N1CCOCC12CCN(Cc1ccccc1)CC2. The standard InChI is InChI=1S/C24H30N2O2/c27-23(12-11-21-7-3-1-4-8-21)26-17-18-28-20-24(26)13-15-25(16-14-24)19-22-9-5-2-6-10-22/h1-10H,11-20H2. The van der Waals surface area contributed by atoms with Crippen LogP contribution in [0.3, 0.4) is 0 Å². The van der Waals surface area contributed by atoms with Crippen LogP contribution in [-0.2, 0) is 22.5 Å². The van der Waals surface area contributed by atoms with Crippen molar-refractivity contribution in [1.29, 1.82) is 0 Å². The minimum absolute atomic E-state index is 0.112. The van der Waals surface area contributed by atoms with Crippen LogP contribution in [0.5, 0.6) is 0 Å². The second-order valence-electron chi connectivity index (χ2n) is 8.07. The fraction of sp³-hybridized carbons (Fsp3) is 0.458. The molecule has 0 aromatic heterocycles. The van der Waals surface area contributed by atoms with Gasteiger partial charge in [0.25, 0.3) is 0 Å². The van der Waals surface area contributed by atoms with Crippen LogP contribution in [0.15, 0.2) is 60.7 Å². The molecule has 4 heteroatoms. The highest BCUT2D eigenvalue weighted by atomic mass is 16.5. The minimum Gasteiger partial charge on any atom is -0.377 e. The molecule has 0 unspecified atom stereocenters. The van der Waals surface area contributed by atoms with Crippen LogP contribution in [-0.4, -0.2) is 54.1 Å². The van der Waals surface area contributed by atoms with Crippen molar-refractivity contribution in [3.63, 3.8) is 0 Å². The molecule has 1 spiro atoms. The molecule has 0 N–H and O–H groups in total. The lowest BCUT2D eigenvalue weighted by molar-refractivity contribution is -0.154. The fourth-order valence-corrected chi connectivity index (χ4v) is 4.54. The monoisotopic (exact) mass is 378 g/mol. The molecule has 0 bridgehead atoms. The Morgan fingerprint density at radius 1 is 0.893 bits per heavy atom. The molecule has 0 radical (unpaired) electrons. The topological polar surface area (TPSA) is 32.8 Å². The van der Waals surface area contributed by atoms with Crippen LogP contribution in [0.4, 0.5) is 0 Å². The van der Waals surface area contributed by atoms with E-state index in [2.05, 4.69) is 52.3 Å². The molecule has 2 aromatic rings. The van der Waals surface area contributed by atoms with E-state index < -0.39 is 0 Å². The Labute approximate surface area is 168 Å². The maximum atomic E-state index is 13.1. The predicted molar refractivity (Wildman–Crippen MR) is 111 cm³/mol. The first kappa shape index (κ1) is 19.2. The summed E-state index contributed by atoms with van der Waals surface area (Å²) in [6.45, 7) is 5.09. The third kappa shape index (κ3) is 4.45. The van der Waals surface area contributed by atoms with Gasteiger partial charge in [0.15, 0.2) is 0 Å². The first-order valence-corrected chi connectivity index (χ1v) is 10.4. The van der Waals surface area contributed by atoms with E-state index in [1.54, 1.807) is 0 Å². The molecule has 0 atom stereocenters. The highest BCUT2D eigenvalue weighted by Crippen LogP contribution is 2.33. The average molecular weight is 379 g/mol. The maximum Gasteiger partial charge on any atom is 0.223 e. The summed E-state index contributed by atoms with van der Waals surface area (Å²) in [5.74, 6) is 0.281. The first-order chi connectivity index (χ1) is 13.8. The quantitative estimate of drug-likeness (QED) is 0.798. The van der Waals surface area contributed by atoms with Gasteiger partial charge in [0.1, 0.15) is 0 Å². The number of carbonyl (C=O) groups excluding carboxylic acids is 1. The van der Waals surface area contributed by atoms with Crippen molar-refractivity contribution < 1.29 is 9.53 Å². The van der Waals surface area contributed by atoms with Gasteiger partial charge in [-0.05, 0) is 30.4 Å². The Morgan fingerprint density at radius 3 is 2.21 bits per heavy atom. The Bertz CT molecular complexity index is 755. The Hall–Kier alpha value is -2.17. The third-order valence-corrected chi connectivity index (χ3v) is 6.21. The van der Waals surface area contributed by atoms with Crippen LogP contribution in [0.1, 0.15) is 30.4 Å². The van der Waals surface area contributed by atoms with Crippen molar-refractivity contribution in [2.24, 2.45) is 0 Å². The molecule has 2 saturated heterocycles. The van der Waals surface area contributed by atoms with E-state index in [1.807, 2.05) is 18.2 Å². The molecule has 2 heterocycles. The number of benzene rings is 2. The first-order valence-electron chi connectivity index (χ1n) is 10.4. The van der Waals surface area contributed by atoms with Gasteiger partial charge in [0.05, 0.1) is 18.8 Å². The molecular weight excluding hydrogens is 348 g/mol. The van der Waals surface area contributed by atoms with Gasteiger partial charge in [-0.25, -0.2) is 0 Å². The molecule has 148 valence electrons. The molecule has 2 fully saturated rings. The summed E-state index contributed by atoms with van der Waals surface area (Å²) < 4.78 is 5.85. The van der Waals surface area contributed by atoms with Crippen LogP contribution >= 0.6 is 0 Å². The highest BCUT2D eigenvalue weighted by molar-refractivity contribution is 5.77. The van der Waals surface area contributed by atoms with E-state index in [0.29, 0.717) is 19.6 Å². The second kappa shape index (κ2) is 8.89. The molecule has 1 amide bonds. The summed E-state index contributed by atoms with van der Waals surface area (Å²) in [4.78, 5) is 17.7. The van der Waals surface area contributed by atoms with Gasteiger partial charge in [-0.3, -0.25) is 9.69 Å². The zero-order valence-corrected chi connectivity index (χ0v) is 16.6. The third-order valence-electron chi connectivity index (χ3n) is 6.21. The predicted octanol–water partition coefficient (Wildman–Crippen LogP) is 3.51. The molecule has 2 aromatic carbocycles. The number of morpholine rings is 1. The van der Waals surface area contributed by atoms with E-state index in [1.165, 1.54) is 11.1 Å². The number of amides is 1. The van der Waals surface area contributed by atoms with Crippen molar-refractivity contribution in [3.8, 4) is 0 Å². The van der Waals surface area contributed by atoms with Crippen LogP contribution in [0.2, 0.25) is 0 Å². The molecule has 2 aliphatic rings. The van der Waals surface area contributed by atoms with Crippen molar-refractivity contribution in [2.75, 3.05) is 32.8 Å². The molecule has 4 rings (SSSR count). The van der Waals surface area contributed by atoms with Gasteiger partial charge in [-0.15, -0.1) is 0 Å². The Kier molecular flexibility index (Phi) is 6.08. The molecule has 2 aliphatic heterocycles. The number of rotatable bonds is 5. The molecule has 0 aliphatic carbocycles. The molecule has 4 nitrogen and oxygen atoms in total. The molecule has 0 saturated carbocycles. The van der Waals surface area contributed by atoms with Crippen LogP contribution in [0, 0.1) is 0 Å². The number of likely N-dealkylation sites (tertiary alicyclic amines) is 1. The maximum absolute atomic E-state index is 13.1. The lowest BCUT2D eigenvalue weighted by Crippen LogP contribution is -2.63. The zero-order chi connectivity index (χ0) is 19.2. The summed E-state index contributed by atoms with van der Waals surface area (Å²) in [6.07, 6.45) is 3.39. The number of aryl methyl sites for hydroxylation is 1. The lowest BCUT2D eigenvalue weighted by atomic mass is 9.84. The summed E-state index contributed by atoms with van der Waals surface area (Å²) in [7, 11) is 0. The van der Waals surface area contributed by atoms with E-state index >= 15 is 0 Å². The normalized spacial score (nSPS) is 19.6. The van der Waals surface area contributed by atoms with E-state index in [0.717, 1.165) is 45.4 Å². The fourth-order valence-electron chi connectivity index (χ4n) is 4.54. The number of hydrogen-bond acceptors (Lipinski definition) is 3. The number of nitrogens with zero attached hydrogens (tertiary/aromatic N) is 2. The number of piperidine rings is 1. The van der Waals surface area contributed by atoms with Gasteiger partial charge >= 0.3 is 0 Å². The van der Waals surface area contributed by atoms with Gasteiger partial charge in [0, 0.05) is 32.6 Å². The summed E-state index contributed by atoms with van der Waals surface area (Å²) in [6, 6.07) is 20.9. The van der Waals surface area contributed by atoms with Crippen LogP contribution in [0.25, 0.3) is 0 Å². The summed E-state index contributed by atoms with van der Waals surface area (Å²) in [5, 5.41) is 0. The van der Waals surface area contributed by atoms with Crippen molar-refractivity contribution in [2.45, 2.75) is 37.8 Å². The zero-order valence-electron chi connectivity index (χ0n) is 16.6. The smallest absolute Gasteiger partial charge is 0.223 e. The Morgan fingerprint density at radius 2 is 1.54 bits per heavy atom. The van der Waals surface area contributed by atoms with Crippen molar-refractivity contribution in [1.82, 2.24) is 9.80 Å². The second-order valence-corrected chi connectivity index (χ2v) is 8.07. The lowest BCUT2D eigenvalue weighted by Gasteiger charge is -2.51. The highest BCUT2D eigenvalue weighted by Gasteiger charge is 2.44. The van der Waals surface area contributed by atoms with Gasteiger partial charge in [-0.1, -0.05) is 60.7 Å².